The minimum Gasteiger partial charge on any atom is -0.489 e. The number of methoxy groups -OCH3 is 1. The summed E-state index contributed by atoms with van der Waals surface area (Å²) in [7, 11) is 3.18. The summed E-state index contributed by atoms with van der Waals surface area (Å²) in [6, 6.07) is 3.15. The largest absolute Gasteiger partial charge is 0.489 e. The fraction of sp³-hybridized carbons (Fsp3) is 0.469. The van der Waals surface area contributed by atoms with Crippen molar-refractivity contribution in [2.45, 2.75) is 58.7 Å². The molecule has 0 aliphatic carbocycles. The van der Waals surface area contributed by atoms with E-state index in [0.29, 0.717) is 30.3 Å². The van der Waals surface area contributed by atoms with Crippen molar-refractivity contribution >= 4 is 69.8 Å². The number of anilines is 3. The zero-order chi connectivity index (χ0) is 34.5. The first-order valence-corrected chi connectivity index (χ1v) is 15.5. The van der Waals surface area contributed by atoms with E-state index in [1.165, 1.54) is 24.4 Å². The van der Waals surface area contributed by atoms with Crippen LogP contribution in [0.5, 0.6) is 5.75 Å². The molecule has 0 spiro atoms. The van der Waals surface area contributed by atoms with Gasteiger partial charge in [-0.2, -0.15) is 0 Å². The Morgan fingerprint density at radius 2 is 1.85 bits per heavy atom. The lowest BCUT2D eigenvalue weighted by atomic mass is 9.85. The van der Waals surface area contributed by atoms with Gasteiger partial charge in [-0.15, -0.1) is 12.4 Å². The number of likely N-dealkylation sites (N-methyl/N-ethyl adjacent to an activating group) is 1. The van der Waals surface area contributed by atoms with E-state index >= 15 is 0 Å². The molecule has 2 aromatic carbocycles. The molecule has 0 radical (unpaired) electrons. The molecule has 0 saturated carbocycles. The summed E-state index contributed by atoms with van der Waals surface area (Å²) in [5, 5.41) is 11.2. The highest BCUT2D eigenvalue weighted by Gasteiger charge is 2.42. The van der Waals surface area contributed by atoms with Crippen molar-refractivity contribution in [1.82, 2.24) is 25.5 Å². The van der Waals surface area contributed by atoms with Crippen molar-refractivity contribution in [3.8, 4) is 5.75 Å². The van der Waals surface area contributed by atoms with Crippen LogP contribution in [0, 0.1) is 17.0 Å². The number of amides is 3. The Morgan fingerprint density at radius 3 is 2.52 bits per heavy atom. The molecule has 4 N–H and O–H groups in total. The maximum Gasteiger partial charge on any atom is 0.247 e. The van der Waals surface area contributed by atoms with E-state index in [1.54, 1.807) is 26.1 Å². The highest BCUT2D eigenvalue weighted by Crippen LogP contribution is 2.36. The zero-order valence-corrected chi connectivity index (χ0v) is 29.2. The highest BCUT2D eigenvalue weighted by molar-refractivity contribution is 6.31. The van der Waals surface area contributed by atoms with Gasteiger partial charge in [0.2, 0.25) is 17.7 Å². The minimum absolute atomic E-state index is 0. The van der Waals surface area contributed by atoms with Gasteiger partial charge in [-0.1, -0.05) is 32.4 Å². The van der Waals surface area contributed by atoms with E-state index in [4.69, 9.17) is 21.1 Å². The third-order valence-corrected chi connectivity index (χ3v) is 8.24. The molecule has 16 heteroatoms. The van der Waals surface area contributed by atoms with Gasteiger partial charge in [0.05, 0.1) is 29.5 Å². The Morgan fingerprint density at radius 1 is 1.12 bits per heavy atom. The van der Waals surface area contributed by atoms with E-state index in [1.807, 2.05) is 20.8 Å². The number of fused-ring (bicyclic) bond motifs is 1. The lowest BCUT2D eigenvalue weighted by Crippen LogP contribution is -2.59. The molecule has 4 rings (SSSR count). The number of hydrogen-bond acceptors (Lipinski definition) is 9. The van der Waals surface area contributed by atoms with Crippen LogP contribution in [0.15, 0.2) is 30.6 Å². The van der Waals surface area contributed by atoms with Crippen LogP contribution >= 0.6 is 24.0 Å². The molecule has 3 unspecified atom stereocenters. The third kappa shape index (κ3) is 8.78. The molecular weight excluding hydrogens is 671 g/mol. The Bertz CT molecular complexity index is 1640. The first kappa shape index (κ1) is 38.6. The van der Waals surface area contributed by atoms with E-state index in [9.17, 15) is 23.2 Å². The summed E-state index contributed by atoms with van der Waals surface area (Å²) >= 11 is 5.77. The summed E-state index contributed by atoms with van der Waals surface area (Å²) in [6.45, 7) is 8.01. The monoisotopic (exact) mass is 711 g/mol. The van der Waals surface area contributed by atoms with Crippen LogP contribution < -0.4 is 26.0 Å². The number of carbonyl (C=O) groups is 3. The van der Waals surface area contributed by atoms with Crippen molar-refractivity contribution in [1.29, 1.82) is 0 Å². The molecular formula is C32H41Cl2F2N7O5. The number of rotatable bonds is 12. The molecule has 2 heterocycles. The fourth-order valence-corrected chi connectivity index (χ4v) is 5.28. The number of likely N-dealkylation sites (tertiary alicyclic amines) is 1. The van der Waals surface area contributed by atoms with E-state index in [0.717, 1.165) is 6.07 Å². The molecule has 1 aliphatic heterocycles. The quantitative estimate of drug-likeness (QED) is 0.153. The Balaban J connectivity index is 0.00000625. The molecule has 1 fully saturated rings. The van der Waals surface area contributed by atoms with Gasteiger partial charge < -0.3 is 35.6 Å². The van der Waals surface area contributed by atoms with Gasteiger partial charge in [0.15, 0.2) is 5.82 Å². The van der Waals surface area contributed by atoms with Crippen molar-refractivity contribution < 1.29 is 32.6 Å². The average Bonchev–Trinajstić information content (AvgIpc) is 3.53. The van der Waals surface area contributed by atoms with E-state index in [-0.39, 0.29) is 60.4 Å². The normalized spacial score (nSPS) is 15.8. The van der Waals surface area contributed by atoms with Crippen molar-refractivity contribution in [3.63, 3.8) is 0 Å². The van der Waals surface area contributed by atoms with Crippen molar-refractivity contribution in [2.24, 2.45) is 5.41 Å². The third-order valence-electron chi connectivity index (χ3n) is 7.89. The molecule has 262 valence electrons. The Labute approximate surface area is 289 Å². The number of ether oxygens (including phenoxy) is 2. The second-order valence-corrected chi connectivity index (χ2v) is 12.7. The predicted molar refractivity (Wildman–Crippen MR) is 182 cm³/mol. The van der Waals surface area contributed by atoms with Gasteiger partial charge in [0, 0.05) is 25.1 Å². The first-order chi connectivity index (χ1) is 22.3. The molecule has 1 aromatic heterocycles. The molecule has 1 aliphatic rings. The summed E-state index contributed by atoms with van der Waals surface area (Å²) in [6.07, 6.45) is 2.25. The minimum atomic E-state index is -0.998. The number of nitrogens with one attached hydrogen (secondary N) is 4. The zero-order valence-electron chi connectivity index (χ0n) is 27.6. The maximum atomic E-state index is 14.7. The predicted octanol–water partition coefficient (Wildman–Crippen LogP) is 4.82. The molecule has 12 nitrogen and oxygen atoms in total. The van der Waals surface area contributed by atoms with Crippen LogP contribution in [-0.4, -0.2) is 84.6 Å². The topological polar surface area (TPSA) is 147 Å². The Hall–Kier alpha value is -3.85. The summed E-state index contributed by atoms with van der Waals surface area (Å²) in [5.74, 6) is -2.62. The van der Waals surface area contributed by atoms with Gasteiger partial charge in [-0.25, -0.2) is 18.7 Å². The van der Waals surface area contributed by atoms with Crippen LogP contribution in [0.2, 0.25) is 5.02 Å². The lowest BCUT2D eigenvalue weighted by Gasteiger charge is -2.36. The molecule has 3 amide bonds. The number of carbonyl (C=O) groups excluding carboxylic acids is 3. The van der Waals surface area contributed by atoms with Gasteiger partial charge in [0.1, 0.15) is 47.4 Å². The molecule has 0 bridgehead atoms. The van der Waals surface area contributed by atoms with Gasteiger partial charge in [-0.3, -0.25) is 14.4 Å². The second kappa shape index (κ2) is 16.5. The van der Waals surface area contributed by atoms with Crippen LogP contribution in [0.1, 0.15) is 40.5 Å². The van der Waals surface area contributed by atoms with Crippen LogP contribution in [0.3, 0.4) is 0 Å². The Kier molecular flexibility index (Phi) is 13.3. The van der Waals surface area contributed by atoms with Gasteiger partial charge in [0.25, 0.3) is 0 Å². The highest BCUT2D eigenvalue weighted by atomic mass is 35.5. The van der Waals surface area contributed by atoms with Crippen molar-refractivity contribution in [2.75, 3.05) is 44.5 Å². The number of nitrogens with zero attached hydrogens (tertiary/aromatic N) is 3. The number of benzene rings is 2. The van der Waals surface area contributed by atoms with Gasteiger partial charge in [-0.05, 0) is 50.4 Å². The summed E-state index contributed by atoms with van der Waals surface area (Å²) in [4.78, 5) is 50.5. The number of aromatic nitrogens is 2. The molecule has 1 saturated heterocycles. The van der Waals surface area contributed by atoms with Crippen LogP contribution in [0.4, 0.5) is 26.0 Å². The molecule has 3 aromatic rings. The van der Waals surface area contributed by atoms with Crippen molar-refractivity contribution in [3.05, 3.63) is 47.2 Å². The van der Waals surface area contributed by atoms with E-state index in [2.05, 4.69) is 31.2 Å². The summed E-state index contributed by atoms with van der Waals surface area (Å²) in [5.41, 5.74) is -0.106. The number of halogens is 4. The standard InChI is InChI=1S/C32H40ClF2N7O5.ClH/c1-17(36-5)29(43)41-27(32(2,3)4)31(45)42-11-7-8-23(42)30(44)40-22-14-18-21(15-24(22)47-13-12-46-6)37-16-38-28(18)39-20-10-9-19(34)25(33)26(20)35;/h9-10,14-17,23,27,36H,7-8,11-13H2,1-6H3,(H,40,44)(H,41,43)(H,37,38,39);1H. The average molecular weight is 713 g/mol. The van der Waals surface area contributed by atoms with Gasteiger partial charge >= 0.3 is 0 Å². The first-order valence-electron chi connectivity index (χ1n) is 15.2. The van der Waals surface area contributed by atoms with Crippen LogP contribution in [0.25, 0.3) is 10.9 Å². The second-order valence-electron chi connectivity index (χ2n) is 12.3. The van der Waals surface area contributed by atoms with Crippen LogP contribution in [-0.2, 0) is 19.1 Å². The lowest BCUT2D eigenvalue weighted by molar-refractivity contribution is -0.143. The van der Waals surface area contributed by atoms with E-state index < -0.39 is 46.1 Å². The maximum absolute atomic E-state index is 14.7. The smallest absolute Gasteiger partial charge is 0.247 e. The fourth-order valence-electron chi connectivity index (χ4n) is 5.12. The SMILES string of the molecule is CNC(C)C(=O)NC(C(=O)N1CCCC1C(=O)Nc1cc2c(Nc3ccc(F)c(Cl)c3F)ncnc2cc1OCCOC)C(C)(C)C.Cl. The molecule has 3 atom stereocenters. The summed E-state index contributed by atoms with van der Waals surface area (Å²) < 4.78 is 39.5. The number of hydrogen-bond donors (Lipinski definition) is 4. The molecule has 48 heavy (non-hydrogen) atoms.